The van der Waals surface area contributed by atoms with Crippen LogP contribution in [0.5, 0.6) is 0 Å². The maximum Gasteiger partial charge on any atom is 0.177 e. The van der Waals surface area contributed by atoms with E-state index in [1.165, 1.54) is 0 Å². The van der Waals surface area contributed by atoms with Gasteiger partial charge in [-0.3, -0.25) is 0 Å². The maximum absolute atomic E-state index is 6.19. The summed E-state index contributed by atoms with van der Waals surface area (Å²) in [5.41, 5.74) is 3.37. The molecule has 0 saturated carbocycles. The van der Waals surface area contributed by atoms with Crippen molar-refractivity contribution in [3.05, 3.63) is 120 Å². The quantitative estimate of drug-likeness (QED) is 0.421. The van der Waals surface area contributed by atoms with E-state index in [1.54, 1.807) is 0 Å². The Balaban J connectivity index is 1.35. The highest BCUT2D eigenvalue weighted by molar-refractivity contribution is 5.15. The molecule has 0 aromatic heterocycles. The fourth-order valence-corrected chi connectivity index (χ4v) is 3.40. The van der Waals surface area contributed by atoms with E-state index in [0.29, 0.717) is 26.4 Å². The van der Waals surface area contributed by atoms with Gasteiger partial charge < -0.3 is 18.9 Å². The zero-order chi connectivity index (χ0) is 21.1. The van der Waals surface area contributed by atoms with Crippen LogP contribution in [0.1, 0.15) is 16.7 Å². The molecular formula is C27H28O4. The third-order valence-corrected chi connectivity index (χ3v) is 5.07. The van der Waals surface area contributed by atoms with Gasteiger partial charge in [-0.25, -0.2) is 0 Å². The summed E-state index contributed by atoms with van der Waals surface area (Å²) < 4.78 is 24.2. The topological polar surface area (TPSA) is 36.9 Å². The second kappa shape index (κ2) is 11.6. The Kier molecular flexibility index (Phi) is 8.02. The minimum absolute atomic E-state index is 0.201. The first kappa shape index (κ1) is 21.5. The lowest BCUT2D eigenvalue weighted by molar-refractivity contribution is -0.199. The molecule has 0 N–H and O–H groups in total. The van der Waals surface area contributed by atoms with Crippen LogP contribution in [0, 0.1) is 0 Å². The SMILES string of the molecule is C1=C[C@H](OCc2ccccc2)[C@@H](COCc2ccccc2)O[C@@H]1OCc1ccccc1. The first-order chi connectivity index (χ1) is 15.4. The Morgan fingerprint density at radius 1 is 0.581 bits per heavy atom. The summed E-state index contributed by atoms with van der Waals surface area (Å²) in [7, 11) is 0. The number of benzene rings is 3. The van der Waals surface area contributed by atoms with Crippen molar-refractivity contribution in [2.24, 2.45) is 0 Å². The Morgan fingerprint density at radius 2 is 1.10 bits per heavy atom. The van der Waals surface area contributed by atoms with Crippen LogP contribution in [0.4, 0.5) is 0 Å². The van der Waals surface area contributed by atoms with Crippen molar-refractivity contribution in [3.8, 4) is 0 Å². The summed E-state index contributed by atoms with van der Waals surface area (Å²) in [5, 5.41) is 0. The highest BCUT2D eigenvalue weighted by Gasteiger charge is 2.29. The molecule has 1 aliphatic rings. The Labute approximate surface area is 184 Å². The first-order valence-electron chi connectivity index (χ1n) is 10.6. The van der Waals surface area contributed by atoms with E-state index in [4.69, 9.17) is 18.9 Å². The molecule has 160 valence electrons. The highest BCUT2D eigenvalue weighted by atomic mass is 16.7. The summed E-state index contributed by atoms with van der Waals surface area (Å²) in [5.74, 6) is 0. The van der Waals surface area contributed by atoms with Gasteiger partial charge in [-0.05, 0) is 22.8 Å². The van der Waals surface area contributed by atoms with E-state index >= 15 is 0 Å². The molecular weight excluding hydrogens is 388 g/mol. The predicted molar refractivity (Wildman–Crippen MR) is 120 cm³/mol. The molecule has 0 aliphatic carbocycles. The van der Waals surface area contributed by atoms with Gasteiger partial charge in [-0.15, -0.1) is 0 Å². The average molecular weight is 417 g/mol. The number of rotatable bonds is 10. The Hall–Kier alpha value is -2.76. The van der Waals surface area contributed by atoms with Gasteiger partial charge in [0.05, 0.1) is 26.4 Å². The van der Waals surface area contributed by atoms with E-state index in [2.05, 4.69) is 24.3 Å². The molecule has 0 saturated heterocycles. The monoisotopic (exact) mass is 416 g/mol. The van der Waals surface area contributed by atoms with Crippen molar-refractivity contribution in [2.75, 3.05) is 6.61 Å². The second-order valence-corrected chi connectivity index (χ2v) is 7.49. The van der Waals surface area contributed by atoms with Gasteiger partial charge in [-0.2, -0.15) is 0 Å². The summed E-state index contributed by atoms with van der Waals surface area (Å²) in [4.78, 5) is 0. The molecule has 0 unspecified atom stereocenters. The number of hydrogen-bond donors (Lipinski definition) is 0. The molecule has 3 atom stereocenters. The average Bonchev–Trinajstić information content (AvgIpc) is 2.84. The predicted octanol–water partition coefficient (Wildman–Crippen LogP) is 5.29. The van der Waals surface area contributed by atoms with Crippen LogP contribution >= 0.6 is 0 Å². The Bertz CT molecular complexity index is 912. The van der Waals surface area contributed by atoms with Gasteiger partial charge in [0.15, 0.2) is 6.29 Å². The van der Waals surface area contributed by atoms with Crippen LogP contribution in [-0.2, 0) is 38.8 Å². The normalized spacial score (nSPS) is 20.6. The van der Waals surface area contributed by atoms with Crippen LogP contribution in [0.2, 0.25) is 0 Å². The fraction of sp³-hybridized carbons (Fsp3) is 0.259. The highest BCUT2D eigenvalue weighted by Crippen LogP contribution is 2.20. The smallest absolute Gasteiger partial charge is 0.177 e. The molecule has 0 fully saturated rings. The largest absolute Gasteiger partial charge is 0.374 e. The minimum Gasteiger partial charge on any atom is -0.374 e. The van der Waals surface area contributed by atoms with Crippen molar-refractivity contribution < 1.29 is 18.9 Å². The molecule has 0 radical (unpaired) electrons. The molecule has 0 spiro atoms. The number of hydrogen-bond acceptors (Lipinski definition) is 4. The summed E-state index contributed by atoms with van der Waals surface area (Å²) in [6, 6.07) is 30.4. The standard InChI is InChI=1S/C27H28O4/c1-4-10-22(11-5-1)18-28-21-26-25(29-19-23-12-6-2-7-13-23)16-17-27(31-26)30-20-24-14-8-3-9-15-24/h1-17,25-27H,18-21H2/t25-,26+,27-/m0/s1. The van der Waals surface area contributed by atoms with Gasteiger partial charge in [0, 0.05) is 0 Å². The van der Waals surface area contributed by atoms with Gasteiger partial charge in [0.2, 0.25) is 0 Å². The van der Waals surface area contributed by atoms with Crippen molar-refractivity contribution in [2.45, 2.75) is 38.3 Å². The van der Waals surface area contributed by atoms with Gasteiger partial charge in [-0.1, -0.05) is 97.1 Å². The van der Waals surface area contributed by atoms with Crippen LogP contribution in [0.3, 0.4) is 0 Å². The minimum atomic E-state index is -0.429. The molecule has 3 aromatic carbocycles. The fourth-order valence-electron chi connectivity index (χ4n) is 3.40. The lowest BCUT2D eigenvalue weighted by atomic mass is 10.1. The van der Waals surface area contributed by atoms with Crippen molar-refractivity contribution in [3.63, 3.8) is 0 Å². The summed E-state index contributed by atoms with van der Waals surface area (Å²) in [6.07, 6.45) is 3.07. The van der Waals surface area contributed by atoms with Crippen LogP contribution in [-0.4, -0.2) is 25.1 Å². The number of ether oxygens (including phenoxy) is 4. The summed E-state index contributed by atoms with van der Waals surface area (Å²) >= 11 is 0. The zero-order valence-corrected chi connectivity index (χ0v) is 17.5. The molecule has 1 aliphatic heterocycles. The molecule has 0 bridgehead atoms. The molecule has 4 rings (SSSR count). The molecule has 3 aromatic rings. The molecule has 0 amide bonds. The Morgan fingerprint density at radius 3 is 1.68 bits per heavy atom. The first-order valence-corrected chi connectivity index (χ1v) is 10.6. The molecule has 4 nitrogen and oxygen atoms in total. The lowest BCUT2D eigenvalue weighted by Crippen LogP contribution is -2.41. The third-order valence-electron chi connectivity index (χ3n) is 5.07. The zero-order valence-electron chi connectivity index (χ0n) is 17.5. The van der Waals surface area contributed by atoms with Crippen molar-refractivity contribution >= 4 is 0 Å². The van der Waals surface area contributed by atoms with Crippen LogP contribution < -0.4 is 0 Å². The second-order valence-electron chi connectivity index (χ2n) is 7.49. The molecule has 4 heteroatoms. The third kappa shape index (κ3) is 6.88. The molecule has 31 heavy (non-hydrogen) atoms. The van der Waals surface area contributed by atoms with Crippen molar-refractivity contribution in [1.29, 1.82) is 0 Å². The van der Waals surface area contributed by atoms with Crippen molar-refractivity contribution in [1.82, 2.24) is 0 Å². The van der Waals surface area contributed by atoms with Crippen LogP contribution in [0.25, 0.3) is 0 Å². The van der Waals surface area contributed by atoms with E-state index in [0.717, 1.165) is 16.7 Å². The van der Waals surface area contributed by atoms with Gasteiger partial charge in [0.1, 0.15) is 12.2 Å². The lowest BCUT2D eigenvalue weighted by Gasteiger charge is -2.32. The van der Waals surface area contributed by atoms with E-state index in [-0.39, 0.29) is 12.2 Å². The van der Waals surface area contributed by atoms with Gasteiger partial charge >= 0.3 is 0 Å². The van der Waals surface area contributed by atoms with E-state index in [9.17, 15) is 0 Å². The molecule has 1 heterocycles. The maximum atomic E-state index is 6.19. The van der Waals surface area contributed by atoms with Gasteiger partial charge in [0.25, 0.3) is 0 Å². The summed E-state index contributed by atoms with van der Waals surface area (Å²) in [6.45, 7) is 1.96. The van der Waals surface area contributed by atoms with E-state index in [1.807, 2.05) is 78.9 Å². The van der Waals surface area contributed by atoms with E-state index < -0.39 is 6.29 Å². The van der Waals surface area contributed by atoms with Crippen LogP contribution in [0.15, 0.2) is 103 Å².